The van der Waals surface area contributed by atoms with Crippen LogP contribution in [0.2, 0.25) is 0 Å². The lowest BCUT2D eigenvalue weighted by Gasteiger charge is -2.16. The number of rotatable bonds is 3. The van der Waals surface area contributed by atoms with Crippen LogP contribution in [-0.2, 0) is 4.74 Å². The topological polar surface area (TPSA) is 72.5 Å². The summed E-state index contributed by atoms with van der Waals surface area (Å²) >= 11 is 0. The molecule has 0 rings (SSSR count). The molecule has 0 fully saturated rings. The van der Waals surface area contributed by atoms with Gasteiger partial charge in [-0.2, -0.15) is 0 Å². The molecule has 0 radical (unpaired) electrons. The van der Waals surface area contributed by atoms with Gasteiger partial charge in [-0.15, -0.1) is 0 Å². The van der Waals surface area contributed by atoms with Crippen molar-refractivity contribution in [1.29, 1.82) is 0 Å². The van der Waals surface area contributed by atoms with Crippen molar-refractivity contribution in [2.24, 2.45) is 11.7 Å². The third-order valence-corrected chi connectivity index (χ3v) is 1.57. The normalized spacial score (nSPS) is 12.8. The maximum absolute atomic E-state index is 10.0. The van der Waals surface area contributed by atoms with E-state index in [1.165, 1.54) is 0 Å². The van der Waals surface area contributed by atoms with Crippen LogP contribution >= 0.6 is 0 Å². The van der Waals surface area contributed by atoms with Crippen LogP contribution in [0.1, 0.15) is 54.4 Å². The lowest BCUT2D eigenvalue weighted by atomic mass is 10.1. The number of ether oxygens (including phenoxy) is 1. The van der Waals surface area contributed by atoms with Gasteiger partial charge < -0.3 is 15.6 Å². The van der Waals surface area contributed by atoms with Gasteiger partial charge in [0.1, 0.15) is 5.60 Å². The maximum Gasteiger partial charge on any atom is 0.405 e. The summed E-state index contributed by atoms with van der Waals surface area (Å²) in [5, 5.41) is 8.80. The molecule has 0 aliphatic rings. The summed E-state index contributed by atoms with van der Waals surface area (Å²) in [7, 11) is 0. The van der Waals surface area contributed by atoms with Crippen LogP contribution in [0.5, 0.6) is 0 Å². The Hall–Kier alpha value is -0.770. The van der Waals surface area contributed by atoms with Crippen molar-refractivity contribution in [1.82, 2.24) is 0 Å². The van der Waals surface area contributed by atoms with Gasteiger partial charge in [-0.05, 0) is 46.5 Å². The quantitative estimate of drug-likeness (QED) is 0.787. The second-order valence-corrected chi connectivity index (χ2v) is 5.35. The van der Waals surface area contributed by atoms with Crippen LogP contribution in [0.4, 0.5) is 4.79 Å². The lowest BCUT2D eigenvalue weighted by Crippen LogP contribution is -2.27. The molecule has 98 valence electrons. The van der Waals surface area contributed by atoms with Gasteiger partial charge in [0.05, 0.1) is 6.10 Å². The molecule has 4 nitrogen and oxygen atoms in total. The van der Waals surface area contributed by atoms with E-state index in [1.807, 2.05) is 6.92 Å². The van der Waals surface area contributed by atoms with E-state index in [0.29, 0.717) is 0 Å². The van der Waals surface area contributed by atoms with E-state index in [0.717, 1.165) is 18.8 Å². The highest BCUT2D eigenvalue weighted by atomic mass is 16.6. The van der Waals surface area contributed by atoms with Crippen LogP contribution in [0, 0.1) is 5.92 Å². The van der Waals surface area contributed by atoms with Crippen molar-refractivity contribution in [2.75, 3.05) is 0 Å². The van der Waals surface area contributed by atoms with Crippen LogP contribution < -0.4 is 5.73 Å². The van der Waals surface area contributed by atoms with E-state index < -0.39 is 11.7 Å². The van der Waals surface area contributed by atoms with E-state index >= 15 is 0 Å². The van der Waals surface area contributed by atoms with Crippen molar-refractivity contribution >= 4 is 6.09 Å². The third kappa shape index (κ3) is 23.2. The Morgan fingerprint density at radius 3 is 1.75 bits per heavy atom. The molecule has 4 heteroatoms. The van der Waals surface area contributed by atoms with Gasteiger partial charge in [-0.25, -0.2) is 4.79 Å². The highest BCUT2D eigenvalue weighted by molar-refractivity contribution is 5.65. The highest BCUT2D eigenvalue weighted by Gasteiger charge is 2.12. The zero-order valence-electron chi connectivity index (χ0n) is 11.4. The molecule has 1 atom stereocenters. The summed E-state index contributed by atoms with van der Waals surface area (Å²) < 4.78 is 4.58. The number of aliphatic hydroxyl groups excluding tert-OH is 1. The predicted molar refractivity (Wildman–Crippen MR) is 66.2 cm³/mol. The van der Waals surface area contributed by atoms with Gasteiger partial charge in [0.15, 0.2) is 0 Å². The fourth-order valence-electron chi connectivity index (χ4n) is 0.876. The molecule has 0 aromatic rings. The number of hydrogen-bond donors (Lipinski definition) is 2. The predicted octanol–water partition coefficient (Wildman–Crippen LogP) is 2.68. The minimum atomic E-state index is -0.725. The van der Waals surface area contributed by atoms with Crippen molar-refractivity contribution in [3.63, 3.8) is 0 Å². The Morgan fingerprint density at radius 2 is 1.69 bits per heavy atom. The van der Waals surface area contributed by atoms with Crippen molar-refractivity contribution < 1.29 is 14.6 Å². The molecule has 1 unspecified atom stereocenters. The number of hydrogen-bond acceptors (Lipinski definition) is 3. The van der Waals surface area contributed by atoms with Gasteiger partial charge in [-0.3, -0.25) is 0 Å². The standard InChI is InChI=1S/C7H16O.C5H11NO2/c1-6(2)4-5-7(3)8;1-5(2,3)8-4(6)7/h6-8H,4-5H2,1-3H3;1-3H3,(H2,6,7). The molecule has 16 heavy (non-hydrogen) atoms. The minimum absolute atomic E-state index is 0.114. The molecule has 0 aliphatic heterocycles. The van der Waals surface area contributed by atoms with Crippen molar-refractivity contribution in [3.8, 4) is 0 Å². The Labute approximate surface area is 99.2 Å². The molecular formula is C12H27NO3. The summed E-state index contributed by atoms with van der Waals surface area (Å²) in [6, 6.07) is 0. The molecule has 0 heterocycles. The first-order chi connectivity index (χ1) is 7.04. The van der Waals surface area contributed by atoms with Gasteiger partial charge in [0, 0.05) is 0 Å². The molecule has 0 saturated heterocycles. The highest BCUT2D eigenvalue weighted by Crippen LogP contribution is 2.05. The fourth-order valence-corrected chi connectivity index (χ4v) is 0.876. The number of nitrogens with two attached hydrogens (primary N) is 1. The molecule has 0 bridgehead atoms. The van der Waals surface area contributed by atoms with Gasteiger partial charge >= 0.3 is 6.09 Å². The van der Waals surface area contributed by atoms with Crippen molar-refractivity contribution in [3.05, 3.63) is 0 Å². The molecule has 3 N–H and O–H groups in total. The molecule has 0 aromatic carbocycles. The number of amides is 1. The first kappa shape index (κ1) is 17.6. The van der Waals surface area contributed by atoms with Gasteiger partial charge in [0.2, 0.25) is 0 Å². The second kappa shape index (κ2) is 8.39. The largest absolute Gasteiger partial charge is 0.444 e. The van der Waals surface area contributed by atoms with Crippen LogP contribution in [0.25, 0.3) is 0 Å². The van der Waals surface area contributed by atoms with E-state index in [2.05, 4.69) is 18.6 Å². The van der Waals surface area contributed by atoms with Crippen LogP contribution in [0.3, 0.4) is 0 Å². The maximum atomic E-state index is 10.0. The van der Waals surface area contributed by atoms with Crippen molar-refractivity contribution in [2.45, 2.75) is 66.1 Å². The SMILES string of the molecule is CC(C)(C)OC(N)=O.CC(C)CCC(C)O. The zero-order valence-corrected chi connectivity index (χ0v) is 11.4. The number of carbonyl (C=O) groups is 1. The first-order valence-corrected chi connectivity index (χ1v) is 5.71. The Morgan fingerprint density at radius 1 is 1.25 bits per heavy atom. The van der Waals surface area contributed by atoms with Gasteiger partial charge in [0.25, 0.3) is 0 Å². The summed E-state index contributed by atoms with van der Waals surface area (Å²) in [4.78, 5) is 10.0. The number of aliphatic hydroxyl groups is 1. The van der Waals surface area contributed by atoms with E-state index in [9.17, 15) is 4.79 Å². The second-order valence-electron chi connectivity index (χ2n) is 5.35. The van der Waals surface area contributed by atoms with E-state index in [4.69, 9.17) is 10.8 Å². The molecule has 0 aliphatic carbocycles. The van der Waals surface area contributed by atoms with Gasteiger partial charge in [-0.1, -0.05) is 13.8 Å². The molecule has 0 saturated carbocycles. The van der Waals surface area contributed by atoms with Crippen LogP contribution in [0.15, 0.2) is 0 Å². The lowest BCUT2D eigenvalue weighted by molar-refractivity contribution is 0.0600. The summed E-state index contributed by atoms with van der Waals surface area (Å²) in [6.07, 6.45) is 1.24. The summed E-state index contributed by atoms with van der Waals surface area (Å²) in [6.45, 7) is 11.5. The van der Waals surface area contributed by atoms with Crippen LogP contribution in [-0.4, -0.2) is 22.9 Å². The monoisotopic (exact) mass is 233 g/mol. The summed E-state index contributed by atoms with van der Waals surface area (Å²) in [5.74, 6) is 0.726. The fraction of sp³-hybridized carbons (Fsp3) is 0.917. The Bertz CT molecular complexity index is 175. The smallest absolute Gasteiger partial charge is 0.405 e. The summed E-state index contributed by atoms with van der Waals surface area (Å²) in [5.41, 5.74) is 4.26. The number of carbonyl (C=O) groups excluding carboxylic acids is 1. The first-order valence-electron chi connectivity index (χ1n) is 5.71. The Balaban J connectivity index is 0. The molecule has 0 aromatic heterocycles. The zero-order chi connectivity index (χ0) is 13.4. The van der Waals surface area contributed by atoms with E-state index in [-0.39, 0.29) is 6.10 Å². The van der Waals surface area contributed by atoms with E-state index in [1.54, 1.807) is 20.8 Å². The molecule has 1 amide bonds. The minimum Gasteiger partial charge on any atom is -0.444 e. The Kier molecular flexibility index (Phi) is 9.24. The average Bonchev–Trinajstić information content (AvgIpc) is 1.96. The molecular weight excluding hydrogens is 206 g/mol. The molecule has 0 spiro atoms. The average molecular weight is 233 g/mol. The number of primary amides is 1. The third-order valence-electron chi connectivity index (χ3n) is 1.57.